The van der Waals surface area contributed by atoms with Crippen LogP contribution in [0.25, 0.3) is 0 Å². The number of likely N-dealkylation sites (tertiary alicyclic amines) is 2. The normalized spacial score (nSPS) is 20.9. The van der Waals surface area contributed by atoms with E-state index >= 15 is 0 Å². The van der Waals surface area contributed by atoms with Gasteiger partial charge in [-0.25, -0.2) is 9.59 Å². The third-order valence-electron chi connectivity index (χ3n) is 9.74. The molecule has 4 aliphatic heterocycles. The van der Waals surface area contributed by atoms with Crippen LogP contribution in [0.2, 0.25) is 5.02 Å². The Balaban J connectivity index is 1.13. The van der Waals surface area contributed by atoms with Crippen molar-refractivity contribution in [3.8, 4) is 0 Å². The molecule has 4 aliphatic rings. The number of piperazine rings is 1. The summed E-state index contributed by atoms with van der Waals surface area (Å²) in [5.41, 5.74) is 5.20. The molecule has 0 aliphatic carbocycles. The summed E-state index contributed by atoms with van der Waals surface area (Å²) >= 11 is 7.59. The lowest BCUT2D eigenvalue weighted by molar-refractivity contribution is -0.137. The fourth-order valence-corrected chi connectivity index (χ4v) is 8.13. The van der Waals surface area contributed by atoms with Crippen molar-refractivity contribution in [2.45, 2.75) is 63.0 Å². The van der Waals surface area contributed by atoms with Gasteiger partial charge in [0.05, 0.1) is 22.8 Å². The molecule has 0 radical (unpaired) electrons. The Bertz CT molecular complexity index is 1470. The molecule has 5 heterocycles. The zero-order valence-electron chi connectivity index (χ0n) is 26.0. The molecule has 0 spiro atoms. The topological polar surface area (TPSA) is 126 Å². The maximum Gasteiger partial charge on any atom is 0.418 e. The Hall–Kier alpha value is -3.27. The van der Waals surface area contributed by atoms with Gasteiger partial charge >= 0.3 is 18.2 Å². The summed E-state index contributed by atoms with van der Waals surface area (Å²) in [4.78, 5) is 47.8. The molecule has 5 N–H and O–H groups in total. The van der Waals surface area contributed by atoms with Gasteiger partial charge in [-0.15, -0.1) is 11.3 Å². The Labute approximate surface area is 280 Å². The standard InChI is InChI=1S/C31H40ClF3N8O3S/c32-24-16-19(15-23(26(24)36)31(33,34)35)17-25(28(44)41-8-1-21(2-9-41)40-12-6-37-7-13-40)38-29(45)42-10-3-22(4-11-42)43-18-20-5-14-47-27(20)39-30(43)46/h5,14-16,21-22,25,37H,1-4,6-13,17-18,36H2,(H,38,45)(H,39,46)/t25-/m1/s1. The lowest BCUT2D eigenvalue weighted by Gasteiger charge is -2.41. The number of piperidine rings is 2. The Morgan fingerprint density at radius 3 is 2.36 bits per heavy atom. The summed E-state index contributed by atoms with van der Waals surface area (Å²) in [6.45, 7) is 5.96. The van der Waals surface area contributed by atoms with Gasteiger partial charge in [0.2, 0.25) is 5.91 Å². The number of urea groups is 2. The number of hydrogen-bond acceptors (Lipinski definition) is 7. The van der Waals surface area contributed by atoms with Gasteiger partial charge in [-0.1, -0.05) is 11.6 Å². The van der Waals surface area contributed by atoms with Gasteiger partial charge in [0, 0.05) is 76.4 Å². The molecule has 1 atom stereocenters. The molecule has 11 nitrogen and oxygen atoms in total. The Morgan fingerprint density at radius 1 is 1.02 bits per heavy atom. The number of carbonyl (C=O) groups is 3. The van der Waals surface area contributed by atoms with Crippen molar-refractivity contribution in [1.29, 1.82) is 0 Å². The van der Waals surface area contributed by atoms with Gasteiger partial charge in [0.1, 0.15) is 11.0 Å². The summed E-state index contributed by atoms with van der Waals surface area (Å²) in [6.07, 6.45) is -2.24. The van der Waals surface area contributed by atoms with E-state index in [1.54, 1.807) is 14.7 Å². The van der Waals surface area contributed by atoms with Crippen LogP contribution in [0.1, 0.15) is 42.4 Å². The molecule has 5 amide bonds. The Morgan fingerprint density at radius 2 is 1.68 bits per heavy atom. The van der Waals surface area contributed by atoms with Crippen LogP contribution in [-0.4, -0.2) is 108 Å². The van der Waals surface area contributed by atoms with Gasteiger partial charge < -0.3 is 31.1 Å². The average Bonchev–Trinajstić information content (AvgIpc) is 3.52. The molecule has 1 aromatic carbocycles. The summed E-state index contributed by atoms with van der Waals surface area (Å²) in [5, 5.41) is 11.7. The molecule has 47 heavy (non-hydrogen) atoms. The number of nitrogen functional groups attached to an aromatic ring is 1. The third-order valence-corrected chi connectivity index (χ3v) is 10.9. The third kappa shape index (κ3) is 7.58. The fraction of sp³-hybridized carbons (Fsp3) is 0.581. The SMILES string of the molecule is Nc1c(Cl)cc(C[C@@H](NC(=O)N2CCC(N3Cc4ccsc4NC3=O)CC2)C(=O)N2CCC(N3CCNCC3)CC2)cc1C(F)(F)F. The molecule has 0 bridgehead atoms. The average molecular weight is 697 g/mol. The molecule has 0 unspecified atom stereocenters. The predicted molar refractivity (Wildman–Crippen MR) is 174 cm³/mol. The number of carbonyl (C=O) groups excluding carboxylic acids is 3. The van der Waals surface area contributed by atoms with E-state index in [9.17, 15) is 27.6 Å². The van der Waals surface area contributed by atoms with Crippen molar-refractivity contribution in [3.05, 3.63) is 45.3 Å². The smallest absolute Gasteiger partial charge is 0.397 e. The molecular weight excluding hydrogens is 657 g/mol. The number of fused-ring (bicyclic) bond motifs is 1. The summed E-state index contributed by atoms with van der Waals surface area (Å²) in [5.74, 6) is -0.343. The number of rotatable bonds is 6. The zero-order chi connectivity index (χ0) is 33.3. The Kier molecular flexibility index (Phi) is 10.1. The van der Waals surface area contributed by atoms with Crippen LogP contribution in [-0.2, 0) is 23.9 Å². The summed E-state index contributed by atoms with van der Waals surface area (Å²) in [6, 6.07) is 2.77. The van der Waals surface area contributed by atoms with Crippen molar-refractivity contribution in [3.63, 3.8) is 0 Å². The number of hydrogen-bond donors (Lipinski definition) is 4. The molecule has 3 fully saturated rings. The highest BCUT2D eigenvalue weighted by molar-refractivity contribution is 7.14. The van der Waals surface area contributed by atoms with Crippen LogP contribution in [0, 0.1) is 0 Å². The number of nitrogens with zero attached hydrogens (tertiary/aromatic N) is 4. The van der Waals surface area contributed by atoms with Crippen LogP contribution in [0.3, 0.4) is 0 Å². The van der Waals surface area contributed by atoms with Gasteiger partial charge in [-0.05, 0) is 54.8 Å². The van der Waals surface area contributed by atoms with Crippen LogP contribution >= 0.6 is 22.9 Å². The van der Waals surface area contributed by atoms with E-state index in [1.165, 1.54) is 17.4 Å². The monoisotopic (exact) mass is 696 g/mol. The van der Waals surface area contributed by atoms with Crippen molar-refractivity contribution >= 4 is 51.6 Å². The number of nitrogens with two attached hydrogens (primary N) is 1. The number of benzene rings is 1. The van der Waals surface area contributed by atoms with Crippen LogP contribution in [0.15, 0.2) is 23.6 Å². The van der Waals surface area contributed by atoms with Crippen molar-refractivity contribution in [1.82, 2.24) is 30.2 Å². The maximum absolute atomic E-state index is 13.9. The highest BCUT2D eigenvalue weighted by Gasteiger charge is 2.38. The first-order valence-corrected chi connectivity index (χ1v) is 17.3. The second kappa shape index (κ2) is 14.1. The van der Waals surface area contributed by atoms with Crippen LogP contribution < -0.4 is 21.7 Å². The van der Waals surface area contributed by atoms with E-state index in [0.717, 1.165) is 55.7 Å². The van der Waals surface area contributed by atoms with Gasteiger partial charge in [0.25, 0.3) is 0 Å². The van der Waals surface area contributed by atoms with Gasteiger partial charge in [-0.3, -0.25) is 15.0 Å². The van der Waals surface area contributed by atoms with Crippen molar-refractivity contribution in [2.75, 3.05) is 63.4 Å². The molecule has 0 saturated carbocycles. The molecule has 256 valence electrons. The quantitative estimate of drug-likeness (QED) is 0.338. The molecule has 16 heteroatoms. The molecule has 6 rings (SSSR count). The number of nitrogens with one attached hydrogen (secondary N) is 3. The maximum atomic E-state index is 13.9. The molecule has 3 saturated heterocycles. The zero-order valence-corrected chi connectivity index (χ0v) is 27.5. The van der Waals surface area contributed by atoms with Crippen LogP contribution in [0.5, 0.6) is 0 Å². The molecular formula is C31H40ClF3N8O3S. The molecule has 1 aromatic heterocycles. The van der Waals surface area contributed by atoms with E-state index in [1.807, 2.05) is 11.4 Å². The van der Waals surface area contributed by atoms with Gasteiger partial charge in [-0.2, -0.15) is 13.2 Å². The second-order valence-electron chi connectivity index (χ2n) is 12.6. The number of thiophene rings is 1. The largest absolute Gasteiger partial charge is 0.418 e. The minimum absolute atomic E-state index is 0.0563. The van der Waals surface area contributed by atoms with E-state index in [-0.39, 0.29) is 35.0 Å². The van der Waals surface area contributed by atoms with Gasteiger partial charge in [0.15, 0.2) is 0 Å². The number of anilines is 2. The highest BCUT2D eigenvalue weighted by atomic mass is 35.5. The minimum Gasteiger partial charge on any atom is -0.397 e. The first kappa shape index (κ1) is 33.6. The summed E-state index contributed by atoms with van der Waals surface area (Å²) in [7, 11) is 0. The first-order valence-electron chi connectivity index (χ1n) is 16.1. The van der Waals surface area contributed by atoms with Crippen LogP contribution in [0.4, 0.5) is 33.4 Å². The van der Waals surface area contributed by atoms with Crippen molar-refractivity contribution < 1.29 is 27.6 Å². The number of amides is 5. The lowest BCUT2D eigenvalue weighted by atomic mass is 9.98. The van der Waals surface area contributed by atoms with E-state index in [0.29, 0.717) is 51.6 Å². The first-order chi connectivity index (χ1) is 22.5. The van der Waals surface area contributed by atoms with Crippen molar-refractivity contribution in [2.24, 2.45) is 0 Å². The highest BCUT2D eigenvalue weighted by Crippen LogP contribution is 2.38. The second-order valence-corrected chi connectivity index (χ2v) is 14.0. The minimum atomic E-state index is -4.74. The number of halogens is 4. The number of alkyl halides is 3. The molecule has 2 aromatic rings. The lowest BCUT2D eigenvalue weighted by Crippen LogP contribution is -2.58. The van der Waals surface area contributed by atoms with E-state index in [4.69, 9.17) is 17.3 Å². The van der Waals surface area contributed by atoms with E-state index < -0.39 is 29.5 Å². The summed E-state index contributed by atoms with van der Waals surface area (Å²) < 4.78 is 41.3. The fourth-order valence-electron chi connectivity index (χ4n) is 7.09. The predicted octanol–water partition coefficient (Wildman–Crippen LogP) is 4.03. The van der Waals surface area contributed by atoms with E-state index in [2.05, 4.69) is 20.9 Å².